The summed E-state index contributed by atoms with van der Waals surface area (Å²) in [5.74, 6) is 0.116. The molecule has 6 heteroatoms. The minimum absolute atomic E-state index is 0.114. The Hall–Kier alpha value is -2.88. The van der Waals surface area contributed by atoms with Crippen molar-refractivity contribution in [2.45, 2.75) is 26.7 Å². The zero-order valence-electron chi connectivity index (χ0n) is 13.6. The molecule has 0 aromatic heterocycles. The first kappa shape index (κ1) is 17.5. The smallest absolute Gasteiger partial charge is 0.343 e. The molecule has 24 heavy (non-hydrogen) atoms. The molecule has 0 saturated heterocycles. The number of nitrogens with one attached hydrogen (secondary N) is 2. The number of nitrogens with zero attached hydrogens (tertiary/aromatic N) is 1. The Bertz CT molecular complexity index is 770. The summed E-state index contributed by atoms with van der Waals surface area (Å²) in [6.45, 7) is 3.87. The summed E-state index contributed by atoms with van der Waals surface area (Å²) in [5.41, 5.74) is 8.15. The number of allylic oxidation sites excluding steroid dienone is 4. The lowest BCUT2D eigenvalue weighted by Crippen LogP contribution is -2.28. The van der Waals surface area contributed by atoms with Crippen LogP contribution in [0.1, 0.15) is 24.0 Å². The lowest BCUT2D eigenvalue weighted by atomic mass is 9.99. The fourth-order valence-corrected chi connectivity index (χ4v) is 2.38. The van der Waals surface area contributed by atoms with E-state index in [4.69, 9.17) is 15.2 Å². The van der Waals surface area contributed by atoms with E-state index >= 15 is 0 Å². The average Bonchev–Trinajstić information content (AvgIpc) is 2.57. The first-order valence-corrected chi connectivity index (χ1v) is 7.47. The highest BCUT2D eigenvalue weighted by molar-refractivity contribution is 5.93. The van der Waals surface area contributed by atoms with Crippen molar-refractivity contribution in [1.82, 2.24) is 11.0 Å². The Morgan fingerprint density at radius 1 is 1.38 bits per heavy atom. The number of aryl methyl sites for hydroxylation is 2. The largest absolute Gasteiger partial charge is 0.423 e. The van der Waals surface area contributed by atoms with Crippen molar-refractivity contribution in [2.24, 2.45) is 0 Å². The Labute approximate surface area is 140 Å². The van der Waals surface area contributed by atoms with Crippen molar-refractivity contribution in [3.05, 3.63) is 64.4 Å². The molecule has 0 bridgehead atoms. The van der Waals surface area contributed by atoms with Gasteiger partial charge in [0.15, 0.2) is 0 Å². The van der Waals surface area contributed by atoms with Crippen LogP contribution >= 0.6 is 0 Å². The lowest BCUT2D eigenvalue weighted by Gasteiger charge is -2.14. The van der Waals surface area contributed by atoms with Crippen LogP contribution in [0, 0.1) is 25.2 Å². The van der Waals surface area contributed by atoms with Gasteiger partial charge in [0, 0.05) is 5.70 Å². The van der Waals surface area contributed by atoms with Gasteiger partial charge in [-0.15, -0.1) is 5.59 Å². The summed E-state index contributed by atoms with van der Waals surface area (Å²) in [6, 6.07) is 7.64. The molecule has 0 saturated carbocycles. The molecule has 0 amide bonds. The third-order valence-electron chi connectivity index (χ3n) is 3.62. The van der Waals surface area contributed by atoms with Gasteiger partial charge < -0.3 is 10.2 Å². The number of esters is 1. The van der Waals surface area contributed by atoms with E-state index in [2.05, 4.69) is 5.43 Å². The first-order valence-electron chi connectivity index (χ1n) is 7.47. The molecule has 0 spiro atoms. The molecule has 0 heterocycles. The molecule has 0 atom stereocenters. The van der Waals surface area contributed by atoms with E-state index in [1.807, 2.05) is 37.6 Å². The van der Waals surface area contributed by atoms with Crippen LogP contribution in [0.15, 0.2) is 53.3 Å². The molecule has 0 fully saturated rings. The molecular weight excluding hydrogens is 306 g/mol. The highest BCUT2D eigenvalue weighted by Gasteiger charge is 2.15. The minimum Gasteiger partial charge on any atom is -0.423 e. The summed E-state index contributed by atoms with van der Waals surface area (Å²) in [4.78, 5) is 12.3. The molecule has 0 unspecified atom stereocenters. The number of hydrazine groups is 1. The average molecular weight is 325 g/mol. The Balaban J connectivity index is 2.09. The van der Waals surface area contributed by atoms with Crippen LogP contribution < -0.4 is 15.8 Å². The molecular formula is C18H19N3O3. The van der Waals surface area contributed by atoms with Gasteiger partial charge in [0.2, 0.25) is 0 Å². The fraction of sp³-hybridized carbons (Fsp3) is 0.222. The monoisotopic (exact) mass is 325 g/mol. The molecule has 6 nitrogen and oxygen atoms in total. The van der Waals surface area contributed by atoms with E-state index < -0.39 is 5.97 Å². The number of rotatable bonds is 5. The van der Waals surface area contributed by atoms with Crippen LogP contribution in [0.3, 0.4) is 0 Å². The van der Waals surface area contributed by atoms with E-state index in [1.165, 1.54) is 0 Å². The first-order chi connectivity index (χ1) is 11.5. The summed E-state index contributed by atoms with van der Waals surface area (Å²) in [6.07, 6.45) is 5.68. The maximum atomic E-state index is 12.3. The number of carbonyl (C=O) groups is 1. The topological polar surface area (TPSA) is 94.4 Å². The molecule has 3 N–H and O–H groups in total. The van der Waals surface area contributed by atoms with E-state index in [1.54, 1.807) is 24.3 Å². The standard InChI is InChI=1S/C18H19N3O3/c1-12-3-8-17(13(2)11-12)24-18(22)15-6-4-14(5-7-15)16(9-10-19)20-21-23/h3-4,6-8,11,20-21,23H,5,9H2,1-2H3. The predicted molar refractivity (Wildman–Crippen MR) is 88.7 cm³/mol. The van der Waals surface area contributed by atoms with Gasteiger partial charge in [-0.1, -0.05) is 29.8 Å². The normalized spacial score (nSPS) is 15.3. The van der Waals surface area contributed by atoms with Gasteiger partial charge in [0.25, 0.3) is 0 Å². The zero-order chi connectivity index (χ0) is 17.5. The molecule has 1 aliphatic rings. The SMILES string of the molecule is Cc1ccc(OC(=O)C2=CCC(=C(CC#N)NNO)C=C2)c(C)c1. The van der Waals surface area contributed by atoms with E-state index in [0.717, 1.165) is 16.7 Å². The summed E-state index contributed by atoms with van der Waals surface area (Å²) in [7, 11) is 0. The van der Waals surface area contributed by atoms with Crippen molar-refractivity contribution in [3.8, 4) is 11.8 Å². The Morgan fingerprint density at radius 2 is 2.17 bits per heavy atom. The maximum absolute atomic E-state index is 12.3. The van der Waals surface area contributed by atoms with Gasteiger partial charge in [0.1, 0.15) is 5.75 Å². The van der Waals surface area contributed by atoms with E-state index in [0.29, 0.717) is 23.4 Å². The summed E-state index contributed by atoms with van der Waals surface area (Å²) >= 11 is 0. The summed E-state index contributed by atoms with van der Waals surface area (Å²) in [5, 5.41) is 17.5. The molecule has 1 aromatic carbocycles. The quantitative estimate of drug-likeness (QED) is 0.438. The van der Waals surface area contributed by atoms with Gasteiger partial charge in [-0.3, -0.25) is 5.21 Å². The number of benzene rings is 1. The van der Waals surface area contributed by atoms with Crippen molar-refractivity contribution < 1.29 is 14.7 Å². The van der Waals surface area contributed by atoms with Gasteiger partial charge in [-0.25, -0.2) is 4.79 Å². The fourth-order valence-electron chi connectivity index (χ4n) is 2.38. The van der Waals surface area contributed by atoms with Crippen LogP contribution in [0.25, 0.3) is 0 Å². The second kappa shape index (κ2) is 8.11. The van der Waals surface area contributed by atoms with Crippen molar-refractivity contribution in [2.75, 3.05) is 0 Å². The molecule has 124 valence electrons. The Kier molecular flexibility index (Phi) is 5.90. The molecule has 2 rings (SSSR count). The maximum Gasteiger partial charge on any atom is 0.343 e. The molecule has 0 radical (unpaired) electrons. The van der Waals surface area contributed by atoms with Gasteiger partial charge >= 0.3 is 5.97 Å². The van der Waals surface area contributed by atoms with Gasteiger partial charge in [-0.2, -0.15) is 5.26 Å². The van der Waals surface area contributed by atoms with E-state index in [-0.39, 0.29) is 6.42 Å². The molecule has 1 aromatic rings. The number of hydrogen-bond acceptors (Lipinski definition) is 6. The lowest BCUT2D eigenvalue weighted by molar-refractivity contribution is -0.129. The van der Waals surface area contributed by atoms with E-state index in [9.17, 15) is 4.79 Å². The summed E-state index contributed by atoms with van der Waals surface area (Å²) < 4.78 is 5.44. The van der Waals surface area contributed by atoms with Crippen LogP contribution in [0.2, 0.25) is 0 Å². The van der Waals surface area contributed by atoms with Crippen LogP contribution in [-0.4, -0.2) is 11.2 Å². The third-order valence-corrected chi connectivity index (χ3v) is 3.62. The molecule has 1 aliphatic carbocycles. The minimum atomic E-state index is -0.424. The third kappa shape index (κ3) is 4.32. The number of hydrogen-bond donors (Lipinski definition) is 3. The highest BCUT2D eigenvalue weighted by atomic mass is 16.5. The van der Waals surface area contributed by atoms with Crippen LogP contribution in [0.5, 0.6) is 5.75 Å². The van der Waals surface area contributed by atoms with Gasteiger partial charge in [0.05, 0.1) is 18.1 Å². The predicted octanol–water partition coefficient (Wildman–Crippen LogP) is 2.75. The second-order valence-electron chi connectivity index (χ2n) is 5.43. The highest BCUT2D eigenvalue weighted by Crippen LogP contribution is 2.23. The van der Waals surface area contributed by atoms with Crippen LogP contribution in [-0.2, 0) is 4.79 Å². The van der Waals surface area contributed by atoms with Crippen molar-refractivity contribution in [1.29, 1.82) is 5.26 Å². The van der Waals surface area contributed by atoms with Crippen molar-refractivity contribution >= 4 is 5.97 Å². The van der Waals surface area contributed by atoms with Crippen molar-refractivity contribution in [3.63, 3.8) is 0 Å². The molecule has 0 aliphatic heterocycles. The van der Waals surface area contributed by atoms with Crippen LogP contribution in [0.4, 0.5) is 0 Å². The second-order valence-corrected chi connectivity index (χ2v) is 5.43. The zero-order valence-corrected chi connectivity index (χ0v) is 13.6. The number of carbonyl (C=O) groups excluding carboxylic acids is 1. The number of nitriles is 1. The van der Waals surface area contributed by atoms with Gasteiger partial charge in [-0.05, 0) is 43.5 Å². The Morgan fingerprint density at radius 3 is 2.75 bits per heavy atom. The number of ether oxygens (including phenoxy) is 1.